The summed E-state index contributed by atoms with van der Waals surface area (Å²) in [5, 5.41) is 1.15. The second-order valence-electron chi connectivity index (χ2n) is 5.24. The molecule has 0 spiro atoms. The summed E-state index contributed by atoms with van der Waals surface area (Å²) in [6.45, 7) is 3.81. The van der Waals surface area contributed by atoms with Gasteiger partial charge in [-0.2, -0.15) is 0 Å². The highest BCUT2D eigenvalue weighted by Crippen LogP contribution is 2.27. The van der Waals surface area contributed by atoms with Gasteiger partial charge in [0.25, 0.3) is 0 Å². The lowest BCUT2D eigenvalue weighted by atomic mass is 10.1. The van der Waals surface area contributed by atoms with Gasteiger partial charge in [-0.15, -0.1) is 0 Å². The monoisotopic (exact) mass is 252 g/mol. The van der Waals surface area contributed by atoms with Crippen LogP contribution in [0.1, 0.15) is 19.7 Å². The summed E-state index contributed by atoms with van der Waals surface area (Å²) in [4.78, 5) is 12.1. The van der Waals surface area contributed by atoms with Crippen LogP contribution in [0.5, 0.6) is 0 Å². The van der Waals surface area contributed by atoms with Crippen LogP contribution in [0.25, 0.3) is 22.2 Å². The molecular weight excluding hydrogens is 236 g/mol. The smallest absolute Gasteiger partial charge is 0.148 e. The fourth-order valence-corrected chi connectivity index (χ4v) is 2.10. The van der Waals surface area contributed by atoms with E-state index in [-0.39, 0.29) is 0 Å². The Hall–Kier alpha value is -2.20. The van der Waals surface area contributed by atoms with Crippen molar-refractivity contribution >= 4 is 10.9 Å². The summed E-state index contributed by atoms with van der Waals surface area (Å²) in [5.74, 6) is 0.648. The molecule has 3 rings (SSSR count). The number of hydrogen-bond donors (Lipinski definition) is 2. The molecule has 0 aliphatic rings. The average Bonchev–Trinajstić information content (AvgIpc) is 2.82. The second-order valence-corrected chi connectivity index (χ2v) is 5.24. The molecule has 0 atom stereocenters. The number of H-pyrrole nitrogens is 1. The van der Waals surface area contributed by atoms with E-state index in [0.717, 1.165) is 22.2 Å². The number of aromatic nitrogens is 3. The van der Waals surface area contributed by atoms with E-state index in [1.165, 1.54) is 0 Å². The first kappa shape index (κ1) is 11.9. The van der Waals surface area contributed by atoms with Crippen molar-refractivity contribution in [1.82, 2.24) is 15.0 Å². The first-order valence-corrected chi connectivity index (χ1v) is 6.24. The predicted octanol–water partition coefficient (Wildman–Crippen LogP) is 2.82. The Morgan fingerprint density at radius 1 is 1.16 bits per heavy atom. The number of nitrogens with zero attached hydrogens (tertiary/aromatic N) is 2. The van der Waals surface area contributed by atoms with Crippen LogP contribution in [0.4, 0.5) is 0 Å². The molecule has 0 fully saturated rings. The standard InChI is InChI=1S/C15H16N4/c1-15(2,16)14-17-8-7-13(19-14)11-9-18-12-6-4-3-5-10(11)12/h3-9,18H,16H2,1-2H3. The van der Waals surface area contributed by atoms with Crippen LogP contribution >= 0.6 is 0 Å². The fraction of sp³-hybridized carbons (Fsp3) is 0.200. The van der Waals surface area contributed by atoms with Crippen LogP contribution in [0.2, 0.25) is 0 Å². The average molecular weight is 252 g/mol. The van der Waals surface area contributed by atoms with Crippen LogP contribution in [0.3, 0.4) is 0 Å². The summed E-state index contributed by atoms with van der Waals surface area (Å²) in [7, 11) is 0. The van der Waals surface area contributed by atoms with Gasteiger partial charge in [0.15, 0.2) is 0 Å². The van der Waals surface area contributed by atoms with E-state index in [0.29, 0.717) is 5.82 Å². The third-order valence-electron chi connectivity index (χ3n) is 3.10. The van der Waals surface area contributed by atoms with Crippen molar-refractivity contribution in [2.24, 2.45) is 5.73 Å². The number of benzene rings is 1. The Bertz CT molecular complexity index is 722. The zero-order valence-electron chi connectivity index (χ0n) is 11.0. The lowest BCUT2D eigenvalue weighted by Gasteiger charge is -2.16. The van der Waals surface area contributed by atoms with Crippen molar-refractivity contribution in [3.8, 4) is 11.3 Å². The molecule has 0 amide bonds. The van der Waals surface area contributed by atoms with Crippen molar-refractivity contribution in [1.29, 1.82) is 0 Å². The van der Waals surface area contributed by atoms with E-state index in [1.54, 1.807) is 6.20 Å². The van der Waals surface area contributed by atoms with Crippen molar-refractivity contribution in [2.45, 2.75) is 19.4 Å². The predicted molar refractivity (Wildman–Crippen MR) is 76.5 cm³/mol. The summed E-state index contributed by atoms with van der Waals surface area (Å²) in [6.07, 6.45) is 3.73. The lowest BCUT2D eigenvalue weighted by molar-refractivity contribution is 0.514. The van der Waals surface area contributed by atoms with Crippen LogP contribution in [0.15, 0.2) is 42.7 Å². The highest BCUT2D eigenvalue weighted by molar-refractivity contribution is 5.94. The molecule has 2 heterocycles. The van der Waals surface area contributed by atoms with E-state index < -0.39 is 5.54 Å². The number of fused-ring (bicyclic) bond motifs is 1. The van der Waals surface area contributed by atoms with Crippen molar-refractivity contribution in [3.63, 3.8) is 0 Å². The number of hydrogen-bond acceptors (Lipinski definition) is 3. The van der Waals surface area contributed by atoms with Gasteiger partial charge >= 0.3 is 0 Å². The molecule has 0 saturated carbocycles. The zero-order chi connectivity index (χ0) is 13.5. The molecule has 0 aliphatic carbocycles. The molecule has 0 bridgehead atoms. The molecule has 3 aromatic rings. The van der Waals surface area contributed by atoms with E-state index in [1.807, 2.05) is 44.3 Å². The maximum Gasteiger partial charge on any atom is 0.148 e. The Morgan fingerprint density at radius 2 is 1.95 bits per heavy atom. The number of nitrogens with two attached hydrogens (primary N) is 1. The van der Waals surface area contributed by atoms with Crippen molar-refractivity contribution < 1.29 is 0 Å². The summed E-state index contributed by atoms with van der Waals surface area (Å²) >= 11 is 0. The van der Waals surface area contributed by atoms with Gasteiger partial charge in [-0.3, -0.25) is 0 Å². The molecule has 19 heavy (non-hydrogen) atoms. The Labute approximate surface area is 111 Å². The highest BCUT2D eigenvalue weighted by Gasteiger charge is 2.18. The molecule has 0 saturated heterocycles. The maximum absolute atomic E-state index is 6.06. The van der Waals surface area contributed by atoms with Gasteiger partial charge in [0.05, 0.1) is 11.2 Å². The third-order valence-corrected chi connectivity index (χ3v) is 3.10. The Kier molecular flexibility index (Phi) is 2.61. The quantitative estimate of drug-likeness (QED) is 0.737. The number of nitrogens with one attached hydrogen (secondary N) is 1. The molecule has 0 aliphatic heterocycles. The van der Waals surface area contributed by atoms with Crippen LogP contribution in [0, 0.1) is 0 Å². The SMILES string of the molecule is CC(C)(N)c1nccc(-c2c[nH]c3ccccc23)n1. The van der Waals surface area contributed by atoms with Gasteiger partial charge in [0, 0.05) is 28.9 Å². The number of aromatic amines is 1. The third kappa shape index (κ3) is 2.11. The molecule has 4 heteroatoms. The van der Waals surface area contributed by atoms with Crippen LogP contribution in [-0.4, -0.2) is 15.0 Å². The van der Waals surface area contributed by atoms with E-state index in [4.69, 9.17) is 5.73 Å². The Morgan fingerprint density at radius 3 is 2.74 bits per heavy atom. The first-order valence-electron chi connectivity index (χ1n) is 6.24. The van der Waals surface area contributed by atoms with E-state index in [2.05, 4.69) is 21.0 Å². The van der Waals surface area contributed by atoms with Gasteiger partial charge in [-0.1, -0.05) is 18.2 Å². The first-order chi connectivity index (χ1) is 9.05. The summed E-state index contributed by atoms with van der Waals surface area (Å²) in [5.41, 5.74) is 8.58. The minimum atomic E-state index is -0.540. The molecule has 96 valence electrons. The minimum Gasteiger partial charge on any atom is -0.360 e. The second kappa shape index (κ2) is 4.17. The highest BCUT2D eigenvalue weighted by atomic mass is 15.0. The normalized spacial score (nSPS) is 11.9. The molecule has 0 radical (unpaired) electrons. The molecule has 0 unspecified atom stereocenters. The van der Waals surface area contributed by atoms with Crippen molar-refractivity contribution in [3.05, 3.63) is 48.5 Å². The van der Waals surface area contributed by atoms with Crippen molar-refractivity contribution in [2.75, 3.05) is 0 Å². The lowest BCUT2D eigenvalue weighted by Crippen LogP contribution is -2.31. The summed E-state index contributed by atoms with van der Waals surface area (Å²) < 4.78 is 0. The molecule has 4 nitrogen and oxygen atoms in total. The van der Waals surface area contributed by atoms with Gasteiger partial charge in [0.2, 0.25) is 0 Å². The minimum absolute atomic E-state index is 0.540. The largest absolute Gasteiger partial charge is 0.360 e. The number of para-hydroxylation sites is 1. The summed E-state index contributed by atoms with van der Waals surface area (Å²) in [6, 6.07) is 10.1. The molecule has 2 aromatic heterocycles. The van der Waals surface area contributed by atoms with Crippen LogP contribution < -0.4 is 5.73 Å². The fourth-order valence-electron chi connectivity index (χ4n) is 2.10. The number of rotatable bonds is 2. The molecular formula is C15H16N4. The van der Waals surface area contributed by atoms with Crippen LogP contribution in [-0.2, 0) is 5.54 Å². The van der Waals surface area contributed by atoms with E-state index in [9.17, 15) is 0 Å². The van der Waals surface area contributed by atoms with Gasteiger partial charge in [0.1, 0.15) is 5.82 Å². The topological polar surface area (TPSA) is 67.6 Å². The zero-order valence-corrected chi connectivity index (χ0v) is 11.0. The van der Waals surface area contributed by atoms with E-state index >= 15 is 0 Å². The molecule has 3 N–H and O–H groups in total. The van der Waals surface area contributed by atoms with Gasteiger partial charge in [-0.05, 0) is 26.0 Å². The van der Waals surface area contributed by atoms with Gasteiger partial charge < -0.3 is 10.7 Å². The molecule has 1 aromatic carbocycles. The van der Waals surface area contributed by atoms with Gasteiger partial charge in [-0.25, -0.2) is 9.97 Å². The Balaban J connectivity index is 2.17. The maximum atomic E-state index is 6.06.